The highest BCUT2D eigenvalue weighted by Gasteiger charge is 2.36. The number of ether oxygens (including phenoxy) is 3. The molecule has 1 saturated carbocycles. The standard InChI is InChI=1S/C24H29N3O5/c1-30-19-6-2-4-17(12-19)24(29)26-11-3-5-18(26)14-27-23(28)10-8-20(25-27)16-7-9-21-22(13-16)32-15-31-21/h7-10,13,17-19H,2-6,11-12,14-15H2,1H3/t17-,18-,19-/m0/s1. The number of benzene rings is 1. The SMILES string of the molecule is CO[C@H]1CCC[C@H](C(=O)N2CCC[C@H]2Cn2nc(-c3ccc4c(c3)OCO4)ccc2=O)C1. The topological polar surface area (TPSA) is 82.9 Å². The molecule has 1 aromatic heterocycles. The highest BCUT2D eigenvalue weighted by Crippen LogP contribution is 2.35. The molecule has 0 N–H and O–H groups in total. The molecule has 1 aliphatic carbocycles. The summed E-state index contributed by atoms with van der Waals surface area (Å²) in [5.41, 5.74) is 1.38. The second-order valence-electron chi connectivity index (χ2n) is 8.86. The van der Waals surface area contributed by atoms with E-state index >= 15 is 0 Å². The van der Waals surface area contributed by atoms with Gasteiger partial charge < -0.3 is 19.1 Å². The fraction of sp³-hybridized carbons (Fsp3) is 0.542. The fourth-order valence-electron chi connectivity index (χ4n) is 5.12. The lowest BCUT2D eigenvalue weighted by Gasteiger charge is -2.33. The molecule has 0 spiro atoms. The molecule has 2 fully saturated rings. The summed E-state index contributed by atoms with van der Waals surface area (Å²) >= 11 is 0. The van der Waals surface area contributed by atoms with Gasteiger partial charge in [-0.25, -0.2) is 4.68 Å². The van der Waals surface area contributed by atoms with E-state index in [9.17, 15) is 9.59 Å². The number of fused-ring (bicyclic) bond motifs is 1. The van der Waals surface area contributed by atoms with E-state index in [2.05, 4.69) is 5.10 Å². The van der Waals surface area contributed by atoms with Gasteiger partial charge in [-0.1, -0.05) is 6.42 Å². The van der Waals surface area contributed by atoms with Crippen molar-refractivity contribution in [3.63, 3.8) is 0 Å². The lowest BCUT2D eigenvalue weighted by Crippen LogP contribution is -2.44. The Balaban J connectivity index is 1.33. The molecule has 1 saturated heterocycles. The molecule has 2 aromatic rings. The van der Waals surface area contributed by atoms with Crippen LogP contribution in [0.25, 0.3) is 11.3 Å². The average molecular weight is 440 g/mol. The van der Waals surface area contributed by atoms with Crippen molar-refractivity contribution in [2.45, 2.75) is 57.2 Å². The van der Waals surface area contributed by atoms with Gasteiger partial charge in [0.05, 0.1) is 24.4 Å². The summed E-state index contributed by atoms with van der Waals surface area (Å²) in [6.07, 6.45) is 5.75. The maximum absolute atomic E-state index is 13.3. The van der Waals surface area contributed by atoms with E-state index < -0.39 is 0 Å². The number of nitrogens with zero attached hydrogens (tertiary/aromatic N) is 3. The Labute approximate surface area is 187 Å². The number of hydrogen-bond acceptors (Lipinski definition) is 6. The van der Waals surface area contributed by atoms with Gasteiger partial charge in [0.1, 0.15) is 0 Å². The molecule has 32 heavy (non-hydrogen) atoms. The summed E-state index contributed by atoms with van der Waals surface area (Å²) in [7, 11) is 1.72. The first-order valence-corrected chi connectivity index (χ1v) is 11.4. The first-order valence-electron chi connectivity index (χ1n) is 11.4. The lowest BCUT2D eigenvalue weighted by molar-refractivity contribution is -0.139. The zero-order valence-electron chi connectivity index (χ0n) is 18.4. The first-order chi connectivity index (χ1) is 15.6. The molecule has 3 aliphatic rings. The van der Waals surface area contributed by atoms with Gasteiger partial charge in [-0.3, -0.25) is 9.59 Å². The summed E-state index contributed by atoms with van der Waals surface area (Å²) in [4.78, 5) is 27.8. The highest BCUT2D eigenvalue weighted by atomic mass is 16.7. The molecule has 8 heteroatoms. The van der Waals surface area contributed by atoms with Gasteiger partial charge >= 0.3 is 0 Å². The molecular formula is C24H29N3O5. The number of carbonyl (C=O) groups is 1. The van der Waals surface area contributed by atoms with Crippen LogP contribution in [0.2, 0.25) is 0 Å². The molecule has 3 atom stereocenters. The quantitative estimate of drug-likeness (QED) is 0.713. The maximum atomic E-state index is 13.3. The maximum Gasteiger partial charge on any atom is 0.266 e. The van der Waals surface area contributed by atoms with E-state index in [0.29, 0.717) is 23.7 Å². The first kappa shape index (κ1) is 21.0. The summed E-state index contributed by atoms with van der Waals surface area (Å²) in [5, 5.41) is 4.61. The van der Waals surface area contributed by atoms with E-state index in [1.165, 1.54) is 4.68 Å². The Morgan fingerprint density at radius 1 is 1.12 bits per heavy atom. The molecule has 2 aliphatic heterocycles. The van der Waals surface area contributed by atoms with E-state index in [1.807, 2.05) is 23.1 Å². The Morgan fingerprint density at radius 2 is 2.00 bits per heavy atom. The number of rotatable bonds is 5. The molecular weight excluding hydrogens is 410 g/mol. The van der Waals surface area contributed by atoms with Crippen LogP contribution in [0.3, 0.4) is 0 Å². The molecule has 1 aromatic carbocycles. The minimum Gasteiger partial charge on any atom is -0.454 e. The molecule has 1 amide bonds. The third-order valence-electron chi connectivity index (χ3n) is 6.89. The summed E-state index contributed by atoms with van der Waals surface area (Å²) in [5.74, 6) is 1.60. The second kappa shape index (κ2) is 8.94. The van der Waals surface area contributed by atoms with Crippen LogP contribution in [0, 0.1) is 5.92 Å². The van der Waals surface area contributed by atoms with E-state index in [4.69, 9.17) is 14.2 Å². The van der Waals surface area contributed by atoms with Crippen molar-refractivity contribution in [2.75, 3.05) is 20.4 Å². The second-order valence-corrected chi connectivity index (χ2v) is 8.86. The monoisotopic (exact) mass is 439 g/mol. The third-order valence-corrected chi connectivity index (χ3v) is 6.89. The third kappa shape index (κ3) is 4.11. The fourth-order valence-corrected chi connectivity index (χ4v) is 5.12. The Bertz CT molecular complexity index is 1050. The molecule has 8 nitrogen and oxygen atoms in total. The summed E-state index contributed by atoms with van der Waals surface area (Å²) in [6, 6.07) is 8.89. The van der Waals surface area contributed by atoms with Crippen molar-refractivity contribution < 1.29 is 19.0 Å². The van der Waals surface area contributed by atoms with Crippen molar-refractivity contribution in [3.8, 4) is 22.8 Å². The average Bonchev–Trinajstić information content (AvgIpc) is 3.49. The van der Waals surface area contributed by atoms with Gasteiger partial charge in [-0.15, -0.1) is 0 Å². The van der Waals surface area contributed by atoms with Crippen LogP contribution in [0.1, 0.15) is 38.5 Å². The van der Waals surface area contributed by atoms with Gasteiger partial charge in [-0.05, 0) is 56.4 Å². The van der Waals surface area contributed by atoms with Gasteiger partial charge in [0.25, 0.3) is 5.56 Å². The van der Waals surface area contributed by atoms with E-state index in [0.717, 1.165) is 50.6 Å². The number of aromatic nitrogens is 2. The van der Waals surface area contributed by atoms with Crippen LogP contribution in [0.15, 0.2) is 35.1 Å². The predicted molar refractivity (Wildman–Crippen MR) is 118 cm³/mol. The Morgan fingerprint density at radius 3 is 2.88 bits per heavy atom. The minimum absolute atomic E-state index is 0.0115. The zero-order chi connectivity index (χ0) is 22.1. The van der Waals surface area contributed by atoms with Crippen LogP contribution < -0.4 is 15.0 Å². The van der Waals surface area contributed by atoms with Crippen LogP contribution in [-0.4, -0.2) is 53.2 Å². The largest absolute Gasteiger partial charge is 0.454 e. The number of carbonyl (C=O) groups excluding carboxylic acids is 1. The Hall–Kier alpha value is -2.87. The van der Waals surface area contributed by atoms with Crippen LogP contribution >= 0.6 is 0 Å². The number of likely N-dealkylation sites (tertiary alicyclic amines) is 1. The van der Waals surface area contributed by atoms with Gasteiger partial charge in [0.15, 0.2) is 11.5 Å². The van der Waals surface area contributed by atoms with Crippen LogP contribution in [-0.2, 0) is 16.1 Å². The number of amides is 1. The van der Waals surface area contributed by atoms with Crippen molar-refractivity contribution in [2.24, 2.45) is 5.92 Å². The lowest BCUT2D eigenvalue weighted by atomic mass is 9.86. The zero-order valence-corrected chi connectivity index (χ0v) is 18.4. The molecule has 3 heterocycles. The van der Waals surface area contributed by atoms with Crippen molar-refractivity contribution in [1.82, 2.24) is 14.7 Å². The summed E-state index contributed by atoms with van der Waals surface area (Å²) < 4.78 is 17.8. The van der Waals surface area contributed by atoms with E-state index in [-0.39, 0.29) is 36.3 Å². The minimum atomic E-state index is -0.161. The molecule has 0 unspecified atom stereocenters. The molecule has 170 valence electrons. The van der Waals surface area contributed by atoms with Gasteiger partial charge in [-0.2, -0.15) is 5.10 Å². The molecule has 0 radical (unpaired) electrons. The van der Waals surface area contributed by atoms with Crippen molar-refractivity contribution in [3.05, 3.63) is 40.7 Å². The number of hydrogen-bond donors (Lipinski definition) is 0. The summed E-state index contributed by atoms with van der Waals surface area (Å²) in [6.45, 7) is 1.36. The van der Waals surface area contributed by atoms with Gasteiger partial charge in [0, 0.05) is 31.2 Å². The smallest absolute Gasteiger partial charge is 0.266 e. The van der Waals surface area contributed by atoms with Crippen molar-refractivity contribution in [1.29, 1.82) is 0 Å². The molecule has 5 rings (SSSR count). The predicted octanol–water partition coefficient (Wildman–Crippen LogP) is 2.84. The van der Waals surface area contributed by atoms with Gasteiger partial charge in [0.2, 0.25) is 12.7 Å². The number of methoxy groups -OCH3 is 1. The van der Waals surface area contributed by atoms with Crippen molar-refractivity contribution >= 4 is 5.91 Å². The molecule has 0 bridgehead atoms. The Kier molecular flexibility index (Phi) is 5.87. The van der Waals surface area contributed by atoms with Crippen LogP contribution in [0.5, 0.6) is 11.5 Å². The van der Waals surface area contributed by atoms with E-state index in [1.54, 1.807) is 19.2 Å². The highest BCUT2D eigenvalue weighted by molar-refractivity contribution is 5.79. The normalized spacial score (nSPS) is 24.7. The van der Waals surface area contributed by atoms with Crippen LogP contribution in [0.4, 0.5) is 0 Å².